The summed E-state index contributed by atoms with van der Waals surface area (Å²) in [7, 11) is -3.70. The van der Waals surface area contributed by atoms with Gasteiger partial charge in [-0.1, -0.05) is 35.9 Å². The molecular formula is C21H23ClN2O4S. The smallest absolute Gasteiger partial charge is 0.243 e. The minimum atomic E-state index is -3.70. The lowest BCUT2D eigenvalue weighted by Crippen LogP contribution is -2.50. The number of hydrogen-bond donors (Lipinski definition) is 0. The monoisotopic (exact) mass is 434 g/mol. The maximum atomic E-state index is 12.9. The third-order valence-electron chi connectivity index (χ3n) is 5.01. The Morgan fingerprint density at radius 3 is 2.28 bits per heavy atom. The SMILES string of the molecule is CC(=O)c1cccc(S(=O)(=O)N2CCN(C(=O)CCc3ccc(Cl)cc3)CC2)c1. The molecule has 1 amide bonds. The Morgan fingerprint density at radius 1 is 1.00 bits per heavy atom. The van der Waals surface area contributed by atoms with E-state index in [2.05, 4.69) is 0 Å². The van der Waals surface area contributed by atoms with Crippen molar-refractivity contribution in [2.45, 2.75) is 24.7 Å². The van der Waals surface area contributed by atoms with Crippen molar-refractivity contribution in [3.05, 3.63) is 64.7 Å². The molecular weight excluding hydrogens is 412 g/mol. The molecule has 6 nitrogen and oxygen atoms in total. The Kier molecular flexibility index (Phi) is 6.72. The Morgan fingerprint density at radius 2 is 1.66 bits per heavy atom. The van der Waals surface area contributed by atoms with Crippen LogP contribution in [0, 0.1) is 0 Å². The van der Waals surface area contributed by atoms with Crippen LogP contribution in [-0.2, 0) is 21.2 Å². The molecule has 0 unspecified atom stereocenters. The lowest BCUT2D eigenvalue weighted by Gasteiger charge is -2.34. The molecule has 2 aromatic carbocycles. The number of hydrogen-bond acceptors (Lipinski definition) is 4. The van der Waals surface area contributed by atoms with Gasteiger partial charge in [0.1, 0.15) is 0 Å². The van der Waals surface area contributed by atoms with Crippen LogP contribution in [-0.4, -0.2) is 55.5 Å². The zero-order chi connectivity index (χ0) is 21.0. The second kappa shape index (κ2) is 9.07. The van der Waals surface area contributed by atoms with E-state index in [1.165, 1.54) is 23.4 Å². The minimum Gasteiger partial charge on any atom is -0.340 e. The second-order valence-electron chi connectivity index (χ2n) is 7.00. The summed E-state index contributed by atoms with van der Waals surface area (Å²) in [5.41, 5.74) is 1.40. The number of halogens is 1. The van der Waals surface area contributed by atoms with Crippen LogP contribution in [0.5, 0.6) is 0 Å². The highest BCUT2D eigenvalue weighted by Crippen LogP contribution is 2.20. The Hall–Kier alpha value is -2.22. The second-order valence-corrected chi connectivity index (χ2v) is 9.37. The summed E-state index contributed by atoms with van der Waals surface area (Å²) in [6.07, 6.45) is 0.987. The number of piperazine rings is 1. The van der Waals surface area contributed by atoms with Gasteiger partial charge in [0, 0.05) is 43.2 Å². The van der Waals surface area contributed by atoms with Crippen LogP contribution in [0.4, 0.5) is 0 Å². The molecule has 154 valence electrons. The predicted molar refractivity (Wildman–Crippen MR) is 112 cm³/mol. The molecule has 0 N–H and O–H groups in total. The molecule has 1 aliphatic rings. The van der Waals surface area contributed by atoms with Crippen molar-refractivity contribution in [3.63, 3.8) is 0 Å². The zero-order valence-electron chi connectivity index (χ0n) is 16.2. The first kappa shape index (κ1) is 21.5. The van der Waals surface area contributed by atoms with Gasteiger partial charge in [0.05, 0.1) is 4.90 Å². The Balaban J connectivity index is 1.58. The lowest BCUT2D eigenvalue weighted by atomic mass is 10.1. The van der Waals surface area contributed by atoms with Crippen molar-refractivity contribution < 1.29 is 18.0 Å². The molecule has 2 aromatic rings. The van der Waals surface area contributed by atoms with E-state index in [0.29, 0.717) is 36.5 Å². The van der Waals surface area contributed by atoms with Crippen molar-refractivity contribution in [2.75, 3.05) is 26.2 Å². The predicted octanol–water partition coefficient (Wildman–Crippen LogP) is 3.01. The van der Waals surface area contributed by atoms with Gasteiger partial charge >= 0.3 is 0 Å². The van der Waals surface area contributed by atoms with E-state index >= 15 is 0 Å². The van der Waals surface area contributed by atoms with E-state index < -0.39 is 10.0 Å². The van der Waals surface area contributed by atoms with Gasteiger partial charge < -0.3 is 4.90 Å². The molecule has 0 saturated carbocycles. The van der Waals surface area contributed by atoms with Gasteiger partial charge in [0.2, 0.25) is 15.9 Å². The molecule has 0 radical (unpaired) electrons. The molecule has 0 spiro atoms. The van der Waals surface area contributed by atoms with Gasteiger partial charge in [-0.25, -0.2) is 8.42 Å². The molecule has 1 aliphatic heterocycles. The quantitative estimate of drug-likeness (QED) is 0.655. The van der Waals surface area contributed by atoms with Gasteiger partial charge in [-0.15, -0.1) is 0 Å². The number of aryl methyl sites for hydroxylation is 1. The number of carbonyl (C=O) groups excluding carboxylic acids is 2. The van der Waals surface area contributed by atoms with Gasteiger partial charge in [-0.3, -0.25) is 9.59 Å². The first-order valence-corrected chi connectivity index (χ1v) is 11.2. The lowest BCUT2D eigenvalue weighted by molar-refractivity contribution is -0.132. The summed E-state index contributed by atoms with van der Waals surface area (Å²) in [5, 5.41) is 0.659. The van der Waals surface area contributed by atoms with Crippen LogP contribution in [0.15, 0.2) is 53.4 Å². The highest BCUT2D eigenvalue weighted by Gasteiger charge is 2.30. The van der Waals surface area contributed by atoms with Crippen LogP contribution in [0.1, 0.15) is 29.3 Å². The molecule has 1 heterocycles. The topological polar surface area (TPSA) is 74.8 Å². The highest BCUT2D eigenvalue weighted by molar-refractivity contribution is 7.89. The Bertz CT molecular complexity index is 998. The van der Waals surface area contributed by atoms with Gasteiger partial charge in [-0.05, 0) is 43.2 Å². The summed E-state index contributed by atoms with van der Waals surface area (Å²) in [5.74, 6) is -0.172. The van der Waals surface area contributed by atoms with Crippen LogP contribution in [0.2, 0.25) is 5.02 Å². The van der Waals surface area contributed by atoms with E-state index in [9.17, 15) is 18.0 Å². The van der Waals surface area contributed by atoms with Crippen LogP contribution >= 0.6 is 11.6 Å². The van der Waals surface area contributed by atoms with Gasteiger partial charge in [0.15, 0.2) is 5.78 Å². The summed E-state index contributed by atoms with van der Waals surface area (Å²) in [6.45, 7) is 2.58. The molecule has 0 atom stereocenters. The van der Waals surface area contributed by atoms with E-state index in [0.717, 1.165) is 5.56 Å². The number of amides is 1. The highest BCUT2D eigenvalue weighted by atomic mass is 35.5. The van der Waals surface area contributed by atoms with Crippen molar-refractivity contribution in [2.24, 2.45) is 0 Å². The van der Waals surface area contributed by atoms with Crippen molar-refractivity contribution in [1.29, 1.82) is 0 Å². The molecule has 3 rings (SSSR count). The largest absolute Gasteiger partial charge is 0.340 e. The van der Waals surface area contributed by atoms with Crippen LogP contribution in [0.25, 0.3) is 0 Å². The maximum absolute atomic E-state index is 12.9. The number of nitrogens with zero attached hydrogens (tertiary/aromatic N) is 2. The maximum Gasteiger partial charge on any atom is 0.243 e. The fraction of sp³-hybridized carbons (Fsp3) is 0.333. The summed E-state index contributed by atoms with van der Waals surface area (Å²) < 4.78 is 27.1. The summed E-state index contributed by atoms with van der Waals surface area (Å²) >= 11 is 5.87. The molecule has 1 fully saturated rings. The minimum absolute atomic E-state index is 0.00979. The van der Waals surface area contributed by atoms with E-state index in [1.54, 1.807) is 29.2 Å². The Labute approximate surface area is 176 Å². The normalized spacial score (nSPS) is 15.3. The molecule has 0 bridgehead atoms. The number of sulfonamides is 1. The molecule has 29 heavy (non-hydrogen) atoms. The van der Waals surface area contributed by atoms with E-state index in [4.69, 9.17) is 11.6 Å². The average Bonchev–Trinajstić information content (AvgIpc) is 2.73. The zero-order valence-corrected chi connectivity index (χ0v) is 17.7. The number of rotatable bonds is 6. The van der Waals surface area contributed by atoms with Crippen LogP contribution in [0.3, 0.4) is 0 Å². The van der Waals surface area contributed by atoms with Gasteiger partial charge in [0.25, 0.3) is 0 Å². The third-order valence-corrected chi connectivity index (χ3v) is 7.16. The van der Waals surface area contributed by atoms with Crippen molar-refractivity contribution in [3.8, 4) is 0 Å². The van der Waals surface area contributed by atoms with Crippen molar-refractivity contribution >= 4 is 33.3 Å². The molecule has 8 heteroatoms. The average molecular weight is 435 g/mol. The van der Waals surface area contributed by atoms with Gasteiger partial charge in [-0.2, -0.15) is 4.31 Å². The summed E-state index contributed by atoms with van der Waals surface area (Å²) in [4.78, 5) is 25.8. The van der Waals surface area contributed by atoms with Crippen LogP contribution < -0.4 is 0 Å². The number of Topliss-reactive ketones (excluding diaryl/α,β-unsaturated/α-hetero) is 1. The number of ketones is 1. The summed E-state index contributed by atoms with van der Waals surface area (Å²) in [6, 6.07) is 13.5. The number of benzene rings is 2. The van der Waals surface area contributed by atoms with Crippen molar-refractivity contribution in [1.82, 2.24) is 9.21 Å². The standard InChI is InChI=1S/C21H23ClN2O4S/c1-16(25)18-3-2-4-20(15-18)29(27,28)24-13-11-23(12-14-24)21(26)10-7-17-5-8-19(22)9-6-17/h2-6,8-9,15H,7,10-14H2,1H3. The fourth-order valence-electron chi connectivity index (χ4n) is 3.26. The third kappa shape index (κ3) is 5.23. The fourth-order valence-corrected chi connectivity index (χ4v) is 4.86. The van der Waals surface area contributed by atoms with E-state index in [1.807, 2.05) is 12.1 Å². The molecule has 0 aliphatic carbocycles. The first-order valence-electron chi connectivity index (χ1n) is 9.41. The molecule has 0 aromatic heterocycles. The molecule has 1 saturated heterocycles. The number of carbonyl (C=O) groups is 2. The van der Waals surface area contributed by atoms with E-state index in [-0.39, 0.29) is 29.7 Å². The first-order chi connectivity index (χ1) is 13.8.